The van der Waals surface area contributed by atoms with Gasteiger partial charge in [0.05, 0.1) is 26.0 Å². The largest absolute Gasteiger partial charge is 0.380 e. The van der Waals surface area contributed by atoms with E-state index in [4.69, 9.17) is 16.3 Å². The van der Waals surface area contributed by atoms with E-state index in [0.717, 1.165) is 10.2 Å². The second-order valence-electron chi connectivity index (χ2n) is 5.23. The second-order valence-corrected chi connectivity index (χ2v) is 7.95. The number of benzene rings is 1. The van der Waals surface area contributed by atoms with Gasteiger partial charge in [0, 0.05) is 13.2 Å². The number of thiophene rings is 1. The normalized spacial score (nSPS) is 12.2. The number of carbonyl (C=O) groups excluding carboxylic acids is 1. The first kappa shape index (κ1) is 17.4. The van der Waals surface area contributed by atoms with Gasteiger partial charge in [-0.25, -0.2) is 0 Å². The summed E-state index contributed by atoms with van der Waals surface area (Å²) in [6.45, 7) is 5.94. The van der Waals surface area contributed by atoms with E-state index in [9.17, 15) is 4.79 Å². The Balaban J connectivity index is 2.06. The van der Waals surface area contributed by atoms with Crippen LogP contribution < -0.4 is 4.80 Å². The highest BCUT2D eigenvalue weighted by molar-refractivity contribution is 7.18. The minimum absolute atomic E-state index is 0.264. The smallest absolute Gasteiger partial charge is 0.289 e. The molecule has 24 heavy (non-hydrogen) atoms. The fraction of sp³-hybridized carbons (Fsp3) is 0.294. The molecule has 0 saturated heterocycles. The van der Waals surface area contributed by atoms with Gasteiger partial charge in [0.2, 0.25) is 0 Å². The van der Waals surface area contributed by atoms with E-state index in [0.29, 0.717) is 33.8 Å². The number of ether oxygens (including phenoxy) is 1. The van der Waals surface area contributed by atoms with Crippen LogP contribution in [-0.4, -0.2) is 23.7 Å². The summed E-state index contributed by atoms with van der Waals surface area (Å²) in [6.07, 6.45) is 0. The molecule has 3 aromatic rings. The highest BCUT2D eigenvalue weighted by atomic mass is 35.5. The summed E-state index contributed by atoms with van der Waals surface area (Å²) in [4.78, 5) is 18.0. The highest BCUT2D eigenvalue weighted by Crippen LogP contribution is 2.23. The maximum atomic E-state index is 12.4. The average molecular weight is 381 g/mol. The summed E-state index contributed by atoms with van der Waals surface area (Å²) in [5.41, 5.74) is 2.25. The lowest BCUT2D eigenvalue weighted by molar-refractivity contribution is 0.100. The van der Waals surface area contributed by atoms with Crippen molar-refractivity contribution in [1.29, 1.82) is 0 Å². The zero-order valence-corrected chi connectivity index (χ0v) is 15.8. The van der Waals surface area contributed by atoms with Crippen molar-refractivity contribution < 1.29 is 9.53 Å². The van der Waals surface area contributed by atoms with Gasteiger partial charge in [-0.1, -0.05) is 29.0 Å². The lowest BCUT2D eigenvalue weighted by atomic mass is 10.2. The van der Waals surface area contributed by atoms with Crippen molar-refractivity contribution in [2.24, 2.45) is 4.99 Å². The van der Waals surface area contributed by atoms with E-state index in [1.165, 1.54) is 28.2 Å². The molecule has 0 radical (unpaired) electrons. The molecular weight excluding hydrogens is 364 g/mol. The molecule has 0 saturated carbocycles. The third-order valence-electron chi connectivity index (χ3n) is 3.48. The standard InChI is InChI=1S/C17H17ClN2O2S2/c1-3-22-9-8-20-12-5-4-11(2)10-14(12)24-17(20)19-16(21)13-6-7-15(18)23-13/h4-7,10H,3,8-9H2,1-2H3. The Hall–Kier alpha value is -1.47. The van der Waals surface area contributed by atoms with Crippen molar-refractivity contribution in [2.45, 2.75) is 20.4 Å². The number of aryl methyl sites for hydroxylation is 1. The molecule has 3 rings (SSSR count). The van der Waals surface area contributed by atoms with E-state index >= 15 is 0 Å². The minimum Gasteiger partial charge on any atom is -0.380 e. The summed E-state index contributed by atoms with van der Waals surface area (Å²) in [6, 6.07) is 9.67. The van der Waals surface area contributed by atoms with Crippen LogP contribution in [0.5, 0.6) is 0 Å². The maximum absolute atomic E-state index is 12.4. The average Bonchev–Trinajstić information content (AvgIpc) is 3.11. The van der Waals surface area contributed by atoms with Crippen molar-refractivity contribution in [2.75, 3.05) is 13.2 Å². The van der Waals surface area contributed by atoms with Crippen LogP contribution >= 0.6 is 34.3 Å². The number of hydrogen-bond donors (Lipinski definition) is 0. The Kier molecular flexibility index (Phi) is 5.50. The topological polar surface area (TPSA) is 43.6 Å². The van der Waals surface area contributed by atoms with E-state index in [1.807, 2.05) is 11.5 Å². The lowest BCUT2D eigenvalue weighted by Gasteiger charge is -2.05. The van der Waals surface area contributed by atoms with E-state index in [2.05, 4.69) is 30.1 Å². The molecule has 7 heteroatoms. The highest BCUT2D eigenvalue weighted by Gasteiger charge is 2.11. The van der Waals surface area contributed by atoms with Gasteiger partial charge in [0.25, 0.3) is 5.91 Å². The molecule has 2 aromatic heterocycles. The number of thiazole rings is 1. The van der Waals surface area contributed by atoms with Crippen LogP contribution in [0.1, 0.15) is 22.2 Å². The monoisotopic (exact) mass is 380 g/mol. The molecule has 0 spiro atoms. The van der Waals surface area contributed by atoms with E-state index in [-0.39, 0.29) is 5.91 Å². The number of nitrogens with zero attached hydrogens (tertiary/aromatic N) is 2. The molecule has 0 aliphatic heterocycles. The predicted octanol–water partition coefficient (Wildman–Crippen LogP) is 4.50. The summed E-state index contributed by atoms with van der Waals surface area (Å²) >= 11 is 8.67. The van der Waals surface area contributed by atoms with Crippen molar-refractivity contribution in [1.82, 2.24) is 4.57 Å². The molecule has 0 fully saturated rings. The molecule has 0 aliphatic rings. The summed E-state index contributed by atoms with van der Waals surface area (Å²) in [7, 11) is 0. The first-order chi connectivity index (χ1) is 11.6. The van der Waals surface area contributed by atoms with Crippen LogP contribution in [0.25, 0.3) is 10.2 Å². The minimum atomic E-state index is -0.264. The molecule has 0 atom stereocenters. The summed E-state index contributed by atoms with van der Waals surface area (Å²) in [5, 5.41) is 0. The molecule has 4 nitrogen and oxygen atoms in total. The molecule has 0 unspecified atom stereocenters. The number of carbonyl (C=O) groups is 1. The zero-order valence-electron chi connectivity index (χ0n) is 13.4. The van der Waals surface area contributed by atoms with Crippen molar-refractivity contribution in [3.05, 3.63) is 49.9 Å². The fourth-order valence-corrected chi connectivity index (χ4v) is 4.43. The number of hydrogen-bond acceptors (Lipinski definition) is 4. The van der Waals surface area contributed by atoms with Crippen molar-refractivity contribution >= 4 is 50.4 Å². The van der Waals surface area contributed by atoms with Gasteiger partial charge >= 0.3 is 0 Å². The maximum Gasteiger partial charge on any atom is 0.289 e. The first-order valence-electron chi connectivity index (χ1n) is 7.60. The van der Waals surface area contributed by atoms with E-state index in [1.54, 1.807) is 12.1 Å². The quantitative estimate of drug-likeness (QED) is 0.611. The first-order valence-corrected chi connectivity index (χ1v) is 9.61. The van der Waals surface area contributed by atoms with Crippen LogP contribution in [-0.2, 0) is 11.3 Å². The Morgan fingerprint density at radius 2 is 2.12 bits per heavy atom. The number of amides is 1. The second kappa shape index (κ2) is 7.61. The Labute approximate surface area is 153 Å². The fourth-order valence-electron chi connectivity index (χ4n) is 2.35. The SMILES string of the molecule is CCOCCn1c(=NC(=O)c2ccc(Cl)s2)sc2cc(C)ccc21. The van der Waals surface area contributed by atoms with Gasteiger partial charge < -0.3 is 9.30 Å². The van der Waals surface area contributed by atoms with Gasteiger partial charge in [0.15, 0.2) is 4.80 Å². The molecule has 1 aromatic carbocycles. The Morgan fingerprint density at radius 3 is 2.83 bits per heavy atom. The van der Waals surface area contributed by atoms with Gasteiger partial charge in [-0.3, -0.25) is 4.79 Å². The predicted molar refractivity (Wildman–Crippen MR) is 100 cm³/mol. The number of fused-ring (bicyclic) bond motifs is 1. The van der Waals surface area contributed by atoms with Gasteiger partial charge in [0.1, 0.15) is 0 Å². The van der Waals surface area contributed by atoms with Gasteiger partial charge in [-0.2, -0.15) is 4.99 Å². The van der Waals surface area contributed by atoms with Crippen molar-refractivity contribution in [3.63, 3.8) is 0 Å². The molecule has 0 aliphatic carbocycles. The Morgan fingerprint density at radius 1 is 1.29 bits per heavy atom. The molecule has 0 N–H and O–H groups in total. The Bertz CT molecular complexity index is 940. The van der Waals surface area contributed by atoms with Gasteiger partial charge in [-0.15, -0.1) is 11.3 Å². The lowest BCUT2D eigenvalue weighted by Crippen LogP contribution is -2.19. The third kappa shape index (κ3) is 3.78. The third-order valence-corrected chi connectivity index (χ3v) is 5.74. The number of rotatable bonds is 5. The molecule has 1 amide bonds. The van der Waals surface area contributed by atoms with Crippen LogP contribution in [0.3, 0.4) is 0 Å². The van der Waals surface area contributed by atoms with Crippen LogP contribution in [0.2, 0.25) is 4.34 Å². The molecule has 2 heterocycles. The van der Waals surface area contributed by atoms with Crippen molar-refractivity contribution in [3.8, 4) is 0 Å². The molecular formula is C17H17ClN2O2S2. The van der Waals surface area contributed by atoms with Crippen LogP contribution in [0.4, 0.5) is 0 Å². The number of aromatic nitrogens is 1. The van der Waals surface area contributed by atoms with Crippen LogP contribution in [0, 0.1) is 6.92 Å². The van der Waals surface area contributed by atoms with E-state index < -0.39 is 0 Å². The van der Waals surface area contributed by atoms with Crippen LogP contribution in [0.15, 0.2) is 35.3 Å². The summed E-state index contributed by atoms with van der Waals surface area (Å²) < 4.78 is 9.21. The number of halogens is 1. The molecule has 126 valence electrons. The van der Waals surface area contributed by atoms with Gasteiger partial charge in [-0.05, 0) is 43.7 Å². The molecule has 0 bridgehead atoms. The summed E-state index contributed by atoms with van der Waals surface area (Å²) in [5.74, 6) is -0.264. The zero-order chi connectivity index (χ0) is 17.1.